The Kier molecular flexibility index (Phi) is 2.87. The molecule has 5 nitrogen and oxygen atoms in total. The SMILES string of the molecule is CC1CN(C(=O)c2cc(N)c[nH]2)C(C)CO1. The highest BCUT2D eigenvalue weighted by molar-refractivity contribution is 5.93. The van der Waals surface area contributed by atoms with Gasteiger partial charge in [-0.3, -0.25) is 4.79 Å². The van der Waals surface area contributed by atoms with Crippen molar-refractivity contribution in [2.45, 2.75) is 26.0 Å². The summed E-state index contributed by atoms with van der Waals surface area (Å²) in [5.74, 6) is -0.0145. The van der Waals surface area contributed by atoms with Gasteiger partial charge in [-0.15, -0.1) is 0 Å². The minimum atomic E-state index is -0.0145. The first-order valence-electron chi connectivity index (χ1n) is 5.44. The number of amides is 1. The van der Waals surface area contributed by atoms with Crippen molar-refractivity contribution < 1.29 is 9.53 Å². The molecule has 1 aliphatic heterocycles. The average Bonchev–Trinajstić information content (AvgIpc) is 2.67. The molecule has 5 heteroatoms. The molecule has 2 rings (SSSR count). The molecule has 0 bridgehead atoms. The number of morpholine rings is 1. The van der Waals surface area contributed by atoms with Gasteiger partial charge in [-0.2, -0.15) is 0 Å². The Morgan fingerprint density at radius 3 is 3.00 bits per heavy atom. The zero-order valence-electron chi connectivity index (χ0n) is 9.56. The lowest BCUT2D eigenvalue weighted by atomic mass is 10.2. The van der Waals surface area contributed by atoms with Crippen LogP contribution in [0.5, 0.6) is 0 Å². The van der Waals surface area contributed by atoms with Crippen LogP contribution >= 0.6 is 0 Å². The molecule has 0 aromatic carbocycles. The third-order valence-electron chi connectivity index (χ3n) is 2.80. The summed E-state index contributed by atoms with van der Waals surface area (Å²) < 4.78 is 5.48. The molecule has 1 fully saturated rings. The molecule has 2 atom stereocenters. The van der Waals surface area contributed by atoms with Gasteiger partial charge >= 0.3 is 0 Å². The van der Waals surface area contributed by atoms with Gasteiger partial charge in [0.15, 0.2) is 0 Å². The number of anilines is 1. The number of carbonyl (C=O) groups is 1. The molecule has 88 valence electrons. The van der Waals surface area contributed by atoms with Crippen LogP contribution in [-0.2, 0) is 4.74 Å². The maximum absolute atomic E-state index is 12.2. The van der Waals surface area contributed by atoms with E-state index in [9.17, 15) is 4.79 Å². The highest BCUT2D eigenvalue weighted by Crippen LogP contribution is 2.15. The number of ether oxygens (including phenoxy) is 1. The molecular formula is C11H17N3O2. The lowest BCUT2D eigenvalue weighted by molar-refractivity contribution is -0.0388. The van der Waals surface area contributed by atoms with Gasteiger partial charge in [0.25, 0.3) is 5.91 Å². The second-order valence-corrected chi connectivity index (χ2v) is 4.30. The number of aromatic nitrogens is 1. The van der Waals surface area contributed by atoms with E-state index in [2.05, 4.69) is 4.98 Å². The van der Waals surface area contributed by atoms with E-state index in [4.69, 9.17) is 10.5 Å². The van der Waals surface area contributed by atoms with Crippen molar-refractivity contribution in [1.29, 1.82) is 0 Å². The highest BCUT2D eigenvalue weighted by Gasteiger charge is 2.28. The topological polar surface area (TPSA) is 71.3 Å². The summed E-state index contributed by atoms with van der Waals surface area (Å²) in [6.45, 7) is 5.16. The monoisotopic (exact) mass is 223 g/mol. The molecule has 16 heavy (non-hydrogen) atoms. The summed E-state index contributed by atoms with van der Waals surface area (Å²) >= 11 is 0. The third kappa shape index (κ3) is 2.04. The van der Waals surface area contributed by atoms with Gasteiger partial charge in [0.1, 0.15) is 5.69 Å². The first-order chi connectivity index (χ1) is 7.58. The fraction of sp³-hybridized carbons (Fsp3) is 0.545. The molecular weight excluding hydrogens is 206 g/mol. The summed E-state index contributed by atoms with van der Waals surface area (Å²) in [5, 5.41) is 0. The number of nitrogens with zero attached hydrogens (tertiary/aromatic N) is 1. The van der Waals surface area contributed by atoms with Crippen molar-refractivity contribution in [3.63, 3.8) is 0 Å². The number of aromatic amines is 1. The Labute approximate surface area is 94.6 Å². The van der Waals surface area contributed by atoms with Crippen LogP contribution in [0.15, 0.2) is 12.3 Å². The highest BCUT2D eigenvalue weighted by atomic mass is 16.5. The van der Waals surface area contributed by atoms with Crippen LogP contribution in [0.3, 0.4) is 0 Å². The van der Waals surface area contributed by atoms with E-state index in [0.29, 0.717) is 24.5 Å². The third-order valence-corrected chi connectivity index (χ3v) is 2.80. The fourth-order valence-corrected chi connectivity index (χ4v) is 1.88. The Morgan fingerprint density at radius 1 is 1.62 bits per heavy atom. The molecule has 3 N–H and O–H groups in total. The number of rotatable bonds is 1. The van der Waals surface area contributed by atoms with E-state index in [1.165, 1.54) is 0 Å². The molecule has 0 spiro atoms. The zero-order chi connectivity index (χ0) is 11.7. The van der Waals surface area contributed by atoms with Gasteiger partial charge in [-0.05, 0) is 19.9 Å². The predicted molar refractivity (Wildman–Crippen MR) is 61.1 cm³/mol. The van der Waals surface area contributed by atoms with E-state index < -0.39 is 0 Å². The number of carbonyl (C=O) groups excluding carboxylic acids is 1. The van der Waals surface area contributed by atoms with E-state index in [0.717, 1.165) is 0 Å². The number of hydrogen-bond acceptors (Lipinski definition) is 3. The van der Waals surface area contributed by atoms with Crippen LogP contribution in [0.25, 0.3) is 0 Å². The molecule has 2 unspecified atom stereocenters. The second kappa shape index (κ2) is 4.17. The molecule has 0 radical (unpaired) electrons. The maximum Gasteiger partial charge on any atom is 0.270 e. The zero-order valence-corrected chi connectivity index (χ0v) is 9.56. The summed E-state index contributed by atoms with van der Waals surface area (Å²) in [4.78, 5) is 16.9. The normalized spacial score (nSPS) is 25.8. The number of nitrogens with two attached hydrogens (primary N) is 1. The molecule has 1 aliphatic rings. The summed E-state index contributed by atoms with van der Waals surface area (Å²) in [7, 11) is 0. The van der Waals surface area contributed by atoms with Crippen molar-refractivity contribution >= 4 is 11.6 Å². The molecule has 0 saturated carbocycles. The lowest BCUT2D eigenvalue weighted by Crippen LogP contribution is -2.50. The summed E-state index contributed by atoms with van der Waals surface area (Å²) in [6, 6.07) is 1.77. The van der Waals surface area contributed by atoms with Gasteiger partial charge in [0.05, 0.1) is 18.8 Å². The quantitative estimate of drug-likeness (QED) is 0.741. The van der Waals surface area contributed by atoms with Gasteiger partial charge in [0, 0.05) is 18.4 Å². The van der Waals surface area contributed by atoms with E-state index in [1.807, 2.05) is 18.7 Å². The van der Waals surface area contributed by atoms with E-state index in [1.54, 1.807) is 12.3 Å². The van der Waals surface area contributed by atoms with Gasteiger partial charge in [0.2, 0.25) is 0 Å². The van der Waals surface area contributed by atoms with Crippen molar-refractivity contribution in [3.8, 4) is 0 Å². The van der Waals surface area contributed by atoms with Crippen molar-refractivity contribution in [3.05, 3.63) is 18.0 Å². The summed E-state index contributed by atoms with van der Waals surface area (Å²) in [6.07, 6.45) is 1.72. The maximum atomic E-state index is 12.2. The Morgan fingerprint density at radius 2 is 2.38 bits per heavy atom. The standard InChI is InChI=1S/C11H17N3O2/c1-7-6-16-8(2)5-14(7)11(15)10-3-9(12)4-13-10/h3-4,7-8,13H,5-6,12H2,1-2H3. The van der Waals surface area contributed by atoms with Crippen LogP contribution in [0.2, 0.25) is 0 Å². The fourth-order valence-electron chi connectivity index (χ4n) is 1.88. The van der Waals surface area contributed by atoms with Crippen LogP contribution in [0.1, 0.15) is 24.3 Å². The molecule has 1 aromatic heterocycles. The Hall–Kier alpha value is -1.49. The van der Waals surface area contributed by atoms with Crippen LogP contribution < -0.4 is 5.73 Å². The smallest absolute Gasteiger partial charge is 0.270 e. The average molecular weight is 223 g/mol. The molecule has 1 saturated heterocycles. The van der Waals surface area contributed by atoms with Gasteiger partial charge in [-0.1, -0.05) is 0 Å². The van der Waals surface area contributed by atoms with Crippen molar-refractivity contribution in [2.24, 2.45) is 0 Å². The first-order valence-corrected chi connectivity index (χ1v) is 5.44. The van der Waals surface area contributed by atoms with Crippen LogP contribution in [0.4, 0.5) is 5.69 Å². The predicted octanol–water partition coefficient (Wildman–Crippen LogP) is 0.846. The minimum absolute atomic E-state index is 0.0145. The second-order valence-electron chi connectivity index (χ2n) is 4.30. The Bertz CT molecular complexity index is 388. The number of nitrogens with one attached hydrogen (secondary N) is 1. The van der Waals surface area contributed by atoms with E-state index in [-0.39, 0.29) is 18.1 Å². The molecule has 2 heterocycles. The Balaban J connectivity index is 2.14. The number of hydrogen-bond donors (Lipinski definition) is 2. The van der Waals surface area contributed by atoms with Crippen molar-refractivity contribution in [2.75, 3.05) is 18.9 Å². The van der Waals surface area contributed by atoms with Crippen LogP contribution in [-0.4, -0.2) is 41.1 Å². The number of nitrogen functional groups attached to an aromatic ring is 1. The minimum Gasteiger partial charge on any atom is -0.397 e. The van der Waals surface area contributed by atoms with Crippen LogP contribution in [0, 0.1) is 0 Å². The largest absolute Gasteiger partial charge is 0.397 e. The molecule has 1 aromatic rings. The van der Waals surface area contributed by atoms with Gasteiger partial charge in [-0.25, -0.2) is 0 Å². The number of H-pyrrole nitrogens is 1. The molecule has 1 amide bonds. The van der Waals surface area contributed by atoms with Gasteiger partial charge < -0.3 is 20.4 Å². The van der Waals surface area contributed by atoms with Crippen molar-refractivity contribution in [1.82, 2.24) is 9.88 Å². The van der Waals surface area contributed by atoms with E-state index >= 15 is 0 Å². The lowest BCUT2D eigenvalue weighted by Gasteiger charge is -2.36. The summed E-state index contributed by atoms with van der Waals surface area (Å²) in [5.41, 5.74) is 6.70. The first kappa shape index (κ1) is 11.0. The molecule has 0 aliphatic carbocycles.